The summed E-state index contributed by atoms with van der Waals surface area (Å²) in [5.74, 6) is -2.81. The standard InChI is InChI=1S/C30H48O9/c1-9-11-21(33)38-28-26(36-18(6)31)23(16(3)4)24-25(30(28,8)35)20-15-17(5)19(32)13-14-29(7,27(24)37-20)39-22(34)12-10-2/h16,19-20,23-28,32,35H,5,9-15H2,1-4,6-8H3. The van der Waals surface area contributed by atoms with Crippen LogP contribution >= 0.6 is 0 Å². The predicted molar refractivity (Wildman–Crippen MR) is 143 cm³/mol. The van der Waals surface area contributed by atoms with Crippen LogP contribution in [0.1, 0.15) is 93.4 Å². The van der Waals surface area contributed by atoms with Gasteiger partial charge in [-0.15, -0.1) is 0 Å². The van der Waals surface area contributed by atoms with Crippen molar-refractivity contribution in [3.63, 3.8) is 0 Å². The summed E-state index contributed by atoms with van der Waals surface area (Å²) in [4.78, 5) is 38.0. The minimum Gasteiger partial charge on any atom is -0.458 e. The molecule has 39 heavy (non-hydrogen) atoms. The summed E-state index contributed by atoms with van der Waals surface area (Å²) in [6, 6.07) is 0. The van der Waals surface area contributed by atoms with Gasteiger partial charge in [0.15, 0.2) is 6.10 Å². The minimum atomic E-state index is -1.66. The quantitative estimate of drug-likeness (QED) is 0.262. The van der Waals surface area contributed by atoms with E-state index in [9.17, 15) is 24.6 Å². The van der Waals surface area contributed by atoms with E-state index in [1.165, 1.54) is 6.92 Å². The number of hydrogen-bond donors (Lipinski definition) is 2. The van der Waals surface area contributed by atoms with Crippen LogP contribution in [0.15, 0.2) is 12.2 Å². The van der Waals surface area contributed by atoms with Crippen LogP contribution in [-0.2, 0) is 33.3 Å². The van der Waals surface area contributed by atoms with Gasteiger partial charge in [0.05, 0.1) is 12.2 Å². The van der Waals surface area contributed by atoms with Crippen molar-refractivity contribution >= 4 is 17.9 Å². The fraction of sp³-hybridized carbons (Fsp3) is 0.833. The molecule has 0 spiro atoms. The van der Waals surface area contributed by atoms with Crippen molar-refractivity contribution in [2.45, 2.75) is 135 Å². The molecule has 0 aromatic rings. The molecule has 2 N–H and O–H groups in total. The summed E-state index contributed by atoms with van der Waals surface area (Å²) < 4.78 is 24.6. The van der Waals surface area contributed by atoms with Crippen molar-refractivity contribution in [1.29, 1.82) is 0 Å². The van der Waals surface area contributed by atoms with Crippen LogP contribution in [0, 0.1) is 23.7 Å². The highest BCUT2D eigenvalue weighted by Crippen LogP contribution is 2.58. The first-order valence-electron chi connectivity index (χ1n) is 14.5. The smallest absolute Gasteiger partial charge is 0.306 e. The first kappa shape index (κ1) is 31.6. The normalized spacial score (nSPS) is 40.2. The van der Waals surface area contributed by atoms with Gasteiger partial charge in [-0.25, -0.2) is 0 Å². The molecule has 10 unspecified atom stereocenters. The third-order valence-electron chi connectivity index (χ3n) is 8.90. The lowest BCUT2D eigenvalue weighted by atomic mass is 9.55. The van der Waals surface area contributed by atoms with Gasteiger partial charge in [0.1, 0.15) is 23.4 Å². The zero-order valence-corrected chi connectivity index (χ0v) is 24.6. The first-order valence-corrected chi connectivity index (χ1v) is 14.5. The van der Waals surface area contributed by atoms with Crippen molar-refractivity contribution in [3.05, 3.63) is 12.2 Å². The van der Waals surface area contributed by atoms with Crippen LogP contribution in [0.3, 0.4) is 0 Å². The Kier molecular flexibility index (Phi) is 9.93. The molecule has 2 heterocycles. The molecule has 0 radical (unpaired) electrons. The third kappa shape index (κ3) is 6.35. The average Bonchev–Trinajstić information content (AvgIpc) is 3.21. The van der Waals surface area contributed by atoms with Crippen molar-refractivity contribution in [3.8, 4) is 0 Å². The van der Waals surface area contributed by atoms with Gasteiger partial charge in [-0.2, -0.15) is 0 Å². The van der Waals surface area contributed by atoms with Gasteiger partial charge in [-0.1, -0.05) is 34.3 Å². The summed E-state index contributed by atoms with van der Waals surface area (Å²) in [6.45, 7) is 16.6. The maximum absolute atomic E-state index is 12.8. The lowest BCUT2D eigenvalue weighted by Gasteiger charge is -2.55. The van der Waals surface area contributed by atoms with E-state index in [1.807, 2.05) is 34.6 Å². The van der Waals surface area contributed by atoms with Crippen molar-refractivity contribution in [2.24, 2.45) is 23.7 Å². The number of hydrogen-bond acceptors (Lipinski definition) is 9. The van der Waals surface area contributed by atoms with E-state index < -0.39 is 65.5 Å². The Hall–Kier alpha value is -1.97. The molecule has 10 atom stereocenters. The molecule has 2 bridgehead atoms. The molecule has 0 aromatic heterocycles. The molecular weight excluding hydrogens is 504 g/mol. The van der Waals surface area contributed by atoms with Crippen LogP contribution in [0.4, 0.5) is 0 Å². The Morgan fingerprint density at radius 1 is 1.10 bits per heavy atom. The molecule has 9 nitrogen and oxygen atoms in total. The highest BCUT2D eigenvalue weighted by atomic mass is 16.6. The maximum atomic E-state index is 12.8. The van der Waals surface area contributed by atoms with E-state index in [4.69, 9.17) is 18.9 Å². The number of carbonyl (C=O) groups excluding carboxylic acids is 3. The Labute approximate surface area is 232 Å². The highest BCUT2D eigenvalue weighted by Gasteiger charge is 2.69. The molecule has 1 saturated carbocycles. The monoisotopic (exact) mass is 552 g/mol. The number of aliphatic hydroxyl groups is 2. The van der Waals surface area contributed by atoms with Gasteiger partial charge >= 0.3 is 17.9 Å². The van der Waals surface area contributed by atoms with E-state index in [1.54, 1.807) is 6.92 Å². The van der Waals surface area contributed by atoms with Crippen LogP contribution in [0.25, 0.3) is 0 Å². The van der Waals surface area contributed by atoms with Gasteiger partial charge in [0.25, 0.3) is 0 Å². The lowest BCUT2D eigenvalue weighted by molar-refractivity contribution is -0.241. The number of ether oxygens (including phenoxy) is 4. The van der Waals surface area contributed by atoms with Gasteiger partial charge in [-0.05, 0) is 57.4 Å². The Bertz CT molecular complexity index is 927. The van der Waals surface area contributed by atoms with E-state index in [-0.39, 0.29) is 37.1 Å². The summed E-state index contributed by atoms with van der Waals surface area (Å²) in [6.07, 6.45) is -1.59. The average molecular weight is 553 g/mol. The van der Waals surface area contributed by atoms with Crippen molar-refractivity contribution < 1.29 is 43.5 Å². The molecule has 2 aliphatic heterocycles. The predicted octanol–water partition coefficient (Wildman–Crippen LogP) is 3.87. The van der Waals surface area contributed by atoms with Crippen LogP contribution in [0.2, 0.25) is 0 Å². The lowest BCUT2D eigenvalue weighted by Crippen LogP contribution is -2.68. The second-order valence-corrected chi connectivity index (χ2v) is 12.4. The highest BCUT2D eigenvalue weighted by molar-refractivity contribution is 5.70. The first-order chi connectivity index (χ1) is 18.2. The molecule has 0 amide bonds. The fourth-order valence-electron chi connectivity index (χ4n) is 7.21. The molecule has 3 aliphatic rings. The van der Waals surface area contributed by atoms with Crippen LogP contribution in [-0.4, -0.2) is 69.8 Å². The summed E-state index contributed by atoms with van der Waals surface area (Å²) in [7, 11) is 0. The second-order valence-electron chi connectivity index (χ2n) is 12.4. The van der Waals surface area contributed by atoms with Gasteiger partial charge < -0.3 is 29.2 Å². The molecular formula is C30H48O9. The zero-order valence-electron chi connectivity index (χ0n) is 24.6. The van der Waals surface area contributed by atoms with Gasteiger partial charge in [0.2, 0.25) is 0 Å². The van der Waals surface area contributed by atoms with E-state index in [2.05, 4.69) is 6.58 Å². The molecule has 222 valence electrons. The summed E-state index contributed by atoms with van der Waals surface area (Å²) in [5.41, 5.74) is -2.20. The molecule has 0 aromatic carbocycles. The number of rotatable bonds is 8. The van der Waals surface area contributed by atoms with E-state index in [0.29, 0.717) is 31.3 Å². The van der Waals surface area contributed by atoms with Crippen LogP contribution in [0.5, 0.6) is 0 Å². The number of aliphatic hydroxyl groups excluding tert-OH is 1. The Morgan fingerprint density at radius 2 is 1.72 bits per heavy atom. The van der Waals surface area contributed by atoms with E-state index in [0.717, 1.165) is 0 Å². The second kappa shape index (κ2) is 12.3. The topological polar surface area (TPSA) is 129 Å². The summed E-state index contributed by atoms with van der Waals surface area (Å²) in [5, 5.41) is 23.1. The molecule has 3 fully saturated rings. The van der Waals surface area contributed by atoms with Crippen molar-refractivity contribution in [2.75, 3.05) is 0 Å². The number of esters is 3. The number of carbonyl (C=O) groups is 3. The molecule has 3 rings (SSSR count). The third-order valence-corrected chi connectivity index (χ3v) is 8.90. The SMILES string of the molecule is C=C1CC2OC(C3C(C(C)C)C(OC(C)=O)C(OC(=O)CCC)C(C)(O)C23)C(C)(OC(=O)CCC)CCC1O. The zero-order chi connectivity index (χ0) is 29.3. The minimum absolute atomic E-state index is 0.0671. The Balaban J connectivity index is 2.20. The maximum Gasteiger partial charge on any atom is 0.306 e. The van der Waals surface area contributed by atoms with Gasteiger partial charge in [0, 0.05) is 37.5 Å². The molecule has 1 aliphatic carbocycles. The van der Waals surface area contributed by atoms with Crippen LogP contribution < -0.4 is 0 Å². The largest absolute Gasteiger partial charge is 0.458 e. The molecule has 2 saturated heterocycles. The summed E-state index contributed by atoms with van der Waals surface area (Å²) >= 11 is 0. The number of fused-ring (bicyclic) bond motifs is 5. The van der Waals surface area contributed by atoms with E-state index >= 15 is 0 Å². The van der Waals surface area contributed by atoms with Gasteiger partial charge in [-0.3, -0.25) is 14.4 Å². The fourth-order valence-corrected chi connectivity index (χ4v) is 7.21. The Morgan fingerprint density at radius 3 is 2.28 bits per heavy atom. The molecule has 9 heteroatoms. The van der Waals surface area contributed by atoms with Crippen molar-refractivity contribution in [1.82, 2.24) is 0 Å².